The van der Waals surface area contributed by atoms with Gasteiger partial charge in [0, 0.05) is 6.42 Å². The van der Waals surface area contributed by atoms with E-state index in [-0.39, 0.29) is 5.91 Å². The van der Waals surface area contributed by atoms with Gasteiger partial charge in [-0.25, -0.2) is 0 Å². The van der Waals surface area contributed by atoms with Gasteiger partial charge in [-0.15, -0.1) is 0 Å². The van der Waals surface area contributed by atoms with E-state index in [4.69, 9.17) is 0 Å². The molecular weight excluding hydrogens is 462 g/mol. The summed E-state index contributed by atoms with van der Waals surface area (Å²) in [5.74, 6) is -0.894. The quantitative estimate of drug-likeness (QED) is 0.0819. The standard InChI is InChI=1S/C28H57NO5S/c1-3-5-7-9-11-13-14-16-17-19-21-23-27(30)26(25-35(32,33)34)29-28(31)24-22-20-18-15-12-10-8-6-4-2/h26-27,30H,3-25H2,1-2H3,(H,29,31)(H,32,33,34). The molecule has 0 rings (SSSR count). The first-order valence-corrected chi connectivity index (χ1v) is 16.3. The molecule has 0 aromatic heterocycles. The molecule has 2 unspecified atom stereocenters. The molecule has 7 heteroatoms. The molecule has 0 fully saturated rings. The molecular formula is C28H57NO5S. The Kier molecular flexibility index (Phi) is 23.3. The Morgan fingerprint density at radius 2 is 1.03 bits per heavy atom. The van der Waals surface area contributed by atoms with E-state index < -0.39 is 28.0 Å². The molecule has 0 saturated heterocycles. The van der Waals surface area contributed by atoms with Crippen LogP contribution >= 0.6 is 0 Å². The average molecular weight is 520 g/mol. The number of unbranched alkanes of at least 4 members (excludes halogenated alkanes) is 18. The van der Waals surface area contributed by atoms with E-state index >= 15 is 0 Å². The number of aliphatic hydroxyl groups excluding tert-OH is 1. The van der Waals surface area contributed by atoms with Crippen molar-refractivity contribution in [2.24, 2.45) is 0 Å². The number of hydrogen-bond acceptors (Lipinski definition) is 4. The summed E-state index contributed by atoms with van der Waals surface area (Å²) in [6, 6.07) is -0.959. The SMILES string of the molecule is CCCCCCCCCCCCCC(O)C(CS(=O)(=O)O)NC(=O)CCCCCCCCCCC. The summed E-state index contributed by atoms with van der Waals surface area (Å²) in [6.45, 7) is 4.44. The molecule has 0 aliphatic rings. The van der Waals surface area contributed by atoms with Crippen LogP contribution in [0.3, 0.4) is 0 Å². The Balaban J connectivity index is 4.04. The molecule has 0 spiro atoms. The van der Waals surface area contributed by atoms with Gasteiger partial charge in [-0.05, 0) is 12.8 Å². The van der Waals surface area contributed by atoms with Gasteiger partial charge in [-0.2, -0.15) is 8.42 Å². The van der Waals surface area contributed by atoms with E-state index in [2.05, 4.69) is 19.2 Å². The lowest BCUT2D eigenvalue weighted by atomic mass is 10.0. The summed E-state index contributed by atoms with van der Waals surface area (Å²) >= 11 is 0. The lowest BCUT2D eigenvalue weighted by Gasteiger charge is -2.23. The second kappa shape index (κ2) is 23.7. The third-order valence-electron chi connectivity index (χ3n) is 6.81. The number of nitrogens with one attached hydrogen (secondary N) is 1. The van der Waals surface area contributed by atoms with Gasteiger partial charge in [0.2, 0.25) is 5.91 Å². The van der Waals surface area contributed by atoms with Crippen molar-refractivity contribution in [3.05, 3.63) is 0 Å². The second-order valence-corrected chi connectivity index (χ2v) is 11.9. The molecule has 0 radical (unpaired) electrons. The number of amides is 1. The summed E-state index contributed by atoms with van der Waals surface area (Å²) in [7, 11) is -4.29. The maximum Gasteiger partial charge on any atom is 0.266 e. The third-order valence-corrected chi connectivity index (χ3v) is 7.59. The minimum absolute atomic E-state index is 0.250. The van der Waals surface area contributed by atoms with E-state index in [9.17, 15) is 22.9 Å². The first-order valence-electron chi connectivity index (χ1n) is 14.7. The largest absolute Gasteiger partial charge is 0.391 e. The smallest absolute Gasteiger partial charge is 0.266 e. The van der Waals surface area contributed by atoms with Crippen LogP contribution in [0, 0.1) is 0 Å². The van der Waals surface area contributed by atoms with Gasteiger partial charge in [0.05, 0.1) is 17.9 Å². The van der Waals surface area contributed by atoms with Crippen molar-refractivity contribution >= 4 is 16.0 Å². The zero-order valence-electron chi connectivity index (χ0n) is 22.9. The van der Waals surface area contributed by atoms with Crippen LogP contribution in [-0.2, 0) is 14.9 Å². The van der Waals surface area contributed by atoms with Gasteiger partial charge in [-0.3, -0.25) is 9.35 Å². The van der Waals surface area contributed by atoms with E-state index in [1.807, 2.05) is 0 Å². The molecule has 0 saturated carbocycles. The highest BCUT2D eigenvalue weighted by atomic mass is 32.2. The first-order chi connectivity index (χ1) is 16.8. The lowest BCUT2D eigenvalue weighted by molar-refractivity contribution is -0.122. The highest BCUT2D eigenvalue weighted by Crippen LogP contribution is 2.15. The van der Waals surface area contributed by atoms with E-state index in [0.29, 0.717) is 12.8 Å². The molecule has 2 atom stereocenters. The minimum Gasteiger partial charge on any atom is -0.391 e. The molecule has 210 valence electrons. The fraction of sp³-hybridized carbons (Fsp3) is 0.964. The van der Waals surface area contributed by atoms with Crippen molar-refractivity contribution in [1.29, 1.82) is 0 Å². The van der Waals surface area contributed by atoms with Crippen molar-refractivity contribution in [3.63, 3.8) is 0 Å². The number of hydrogen-bond donors (Lipinski definition) is 3. The highest BCUT2D eigenvalue weighted by molar-refractivity contribution is 7.85. The Morgan fingerprint density at radius 1 is 0.657 bits per heavy atom. The van der Waals surface area contributed by atoms with Crippen molar-refractivity contribution in [3.8, 4) is 0 Å². The van der Waals surface area contributed by atoms with Gasteiger partial charge in [-0.1, -0.05) is 136 Å². The number of rotatable bonds is 26. The number of carbonyl (C=O) groups is 1. The fourth-order valence-electron chi connectivity index (χ4n) is 4.57. The van der Waals surface area contributed by atoms with Crippen LogP contribution in [0.15, 0.2) is 0 Å². The van der Waals surface area contributed by atoms with Crippen LogP contribution in [0.1, 0.15) is 155 Å². The zero-order valence-corrected chi connectivity index (χ0v) is 23.8. The molecule has 3 N–H and O–H groups in total. The van der Waals surface area contributed by atoms with Gasteiger partial charge in [0.25, 0.3) is 10.1 Å². The first kappa shape index (κ1) is 34.3. The van der Waals surface area contributed by atoms with Crippen LogP contribution < -0.4 is 5.32 Å². The predicted molar refractivity (Wildman–Crippen MR) is 147 cm³/mol. The second-order valence-electron chi connectivity index (χ2n) is 10.4. The maximum absolute atomic E-state index is 12.3. The van der Waals surface area contributed by atoms with E-state index in [0.717, 1.165) is 38.5 Å². The Hall–Kier alpha value is -0.660. The van der Waals surface area contributed by atoms with Crippen LogP contribution in [0.25, 0.3) is 0 Å². The summed E-state index contributed by atoms with van der Waals surface area (Å²) in [6.07, 6.45) is 23.4. The summed E-state index contributed by atoms with van der Waals surface area (Å²) in [5, 5.41) is 13.2. The number of aliphatic hydroxyl groups is 1. The Labute approximate surface area is 217 Å². The van der Waals surface area contributed by atoms with Gasteiger partial charge in [0.15, 0.2) is 0 Å². The van der Waals surface area contributed by atoms with Gasteiger partial charge >= 0.3 is 0 Å². The molecule has 0 aromatic carbocycles. The van der Waals surface area contributed by atoms with Crippen molar-refractivity contribution in [2.75, 3.05) is 5.75 Å². The topological polar surface area (TPSA) is 104 Å². The lowest BCUT2D eigenvalue weighted by Crippen LogP contribution is -2.47. The van der Waals surface area contributed by atoms with Crippen LogP contribution in [0.2, 0.25) is 0 Å². The molecule has 0 aliphatic heterocycles. The zero-order chi connectivity index (χ0) is 26.2. The van der Waals surface area contributed by atoms with Gasteiger partial charge < -0.3 is 10.4 Å². The summed E-state index contributed by atoms with van der Waals surface area (Å²) in [4.78, 5) is 12.3. The number of carbonyl (C=O) groups excluding carboxylic acids is 1. The highest BCUT2D eigenvalue weighted by Gasteiger charge is 2.26. The molecule has 1 amide bonds. The normalized spacial score (nSPS) is 13.6. The Morgan fingerprint density at radius 3 is 1.43 bits per heavy atom. The monoisotopic (exact) mass is 519 g/mol. The summed E-state index contributed by atoms with van der Waals surface area (Å²) < 4.78 is 32.1. The van der Waals surface area contributed by atoms with Crippen molar-refractivity contribution < 1.29 is 22.9 Å². The van der Waals surface area contributed by atoms with Gasteiger partial charge in [0.1, 0.15) is 0 Å². The van der Waals surface area contributed by atoms with Crippen molar-refractivity contribution in [1.82, 2.24) is 5.32 Å². The maximum atomic E-state index is 12.3. The molecule has 0 aliphatic carbocycles. The molecule has 0 aromatic rings. The third kappa shape index (κ3) is 24.8. The predicted octanol–water partition coefficient (Wildman–Crippen LogP) is 7.34. The van der Waals surface area contributed by atoms with E-state index in [1.54, 1.807) is 0 Å². The van der Waals surface area contributed by atoms with E-state index in [1.165, 1.54) is 89.9 Å². The summed E-state index contributed by atoms with van der Waals surface area (Å²) in [5.41, 5.74) is 0. The minimum atomic E-state index is -4.29. The molecule has 0 bridgehead atoms. The fourth-order valence-corrected chi connectivity index (χ4v) is 5.33. The molecule has 35 heavy (non-hydrogen) atoms. The van der Waals surface area contributed by atoms with Crippen LogP contribution in [0.4, 0.5) is 0 Å². The van der Waals surface area contributed by atoms with Crippen LogP contribution in [0.5, 0.6) is 0 Å². The van der Waals surface area contributed by atoms with Crippen LogP contribution in [-0.4, -0.2) is 41.9 Å². The average Bonchev–Trinajstić information content (AvgIpc) is 2.80. The molecule has 6 nitrogen and oxygen atoms in total. The Bertz CT molecular complexity index is 582. The molecule has 0 heterocycles. The van der Waals surface area contributed by atoms with Crippen molar-refractivity contribution in [2.45, 2.75) is 167 Å².